The summed E-state index contributed by atoms with van der Waals surface area (Å²) in [6.07, 6.45) is -0.893. The quantitative estimate of drug-likeness (QED) is 0.593. The highest BCUT2D eigenvalue weighted by Gasteiger charge is 2.49. The highest BCUT2D eigenvalue weighted by molar-refractivity contribution is 6.05. The third kappa shape index (κ3) is 3.78. The van der Waals surface area contributed by atoms with E-state index in [4.69, 9.17) is 4.74 Å². The summed E-state index contributed by atoms with van der Waals surface area (Å²) in [5, 5.41) is 19.0. The van der Waals surface area contributed by atoms with Gasteiger partial charge in [0, 0.05) is 0 Å². The van der Waals surface area contributed by atoms with Crippen LogP contribution in [0.15, 0.2) is 24.3 Å². The van der Waals surface area contributed by atoms with E-state index in [0.717, 1.165) is 12.1 Å². The van der Waals surface area contributed by atoms with Gasteiger partial charge >= 0.3 is 11.9 Å². The van der Waals surface area contributed by atoms with E-state index in [0.29, 0.717) is 0 Å². The Kier molecular flexibility index (Phi) is 5.84. The number of carbonyl (C=O) groups is 2. The number of halogens is 1. The zero-order valence-corrected chi connectivity index (χ0v) is 12.0. The second-order valence-electron chi connectivity index (χ2n) is 4.83. The lowest BCUT2D eigenvalue weighted by Crippen LogP contribution is -2.45. The van der Waals surface area contributed by atoms with Crippen LogP contribution < -0.4 is 0 Å². The highest BCUT2D eigenvalue weighted by Crippen LogP contribution is 2.33. The number of carbonyl (C=O) groups excluding carboxylic acids is 1. The molecule has 0 fully saturated rings. The number of carboxylic acids is 1. The maximum atomic E-state index is 13.4. The molecule has 0 spiro atoms. The summed E-state index contributed by atoms with van der Waals surface area (Å²) in [6.45, 7) is 3.06. The van der Waals surface area contributed by atoms with Crippen LogP contribution in [0.25, 0.3) is 0 Å². The minimum absolute atomic E-state index is 0.00843. The van der Waals surface area contributed by atoms with E-state index < -0.39 is 29.3 Å². The Morgan fingerprint density at radius 3 is 2.57 bits per heavy atom. The third-order valence-corrected chi connectivity index (χ3v) is 3.24. The molecule has 0 saturated heterocycles. The number of benzene rings is 1. The second-order valence-corrected chi connectivity index (χ2v) is 4.83. The molecule has 0 amide bonds. The van der Waals surface area contributed by atoms with Gasteiger partial charge in [-0.2, -0.15) is 0 Å². The molecule has 2 unspecified atom stereocenters. The van der Waals surface area contributed by atoms with E-state index in [9.17, 15) is 24.2 Å². The van der Waals surface area contributed by atoms with Crippen LogP contribution in [0.3, 0.4) is 0 Å². The summed E-state index contributed by atoms with van der Waals surface area (Å²) >= 11 is 0. The van der Waals surface area contributed by atoms with Crippen molar-refractivity contribution in [2.24, 2.45) is 0 Å². The molecule has 0 aromatic heterocycles. The molecule has 0 radical (unpaired) electrons. The summed E-state index contributed by atoms with van der Waals surface area (Å²) in [6, 6.07) is 4.88. The molecule has 0 aliphatic heterocycles. The Morgan fingerprint density at radius 2 is 2.10 bits per heavy atom. The van der Waals surface area contributed by atoms with Gasteiger partial charge in [-0.3, -0.25) is 9.59 Å². The number of aliphatic carboxylic acids is 1. The van der Waals surface area contributed by atoms with Crippen molar-refractivity contribution in [2.75, 3.05) is 6.61 Å². The highest BCUT2D eigenvalue weighted by atomic mass is 19.1. The molecule has 2 N–H and O–H groups in total. The molecule has 5 nitrogen and oxygen atoms in total. The number of aliphatic hydroxyl groups is 1. The van der Waals surface area contributed by atoms with Crippen molar-refractivity contribution in [3.63, 3.8) is 0 Å². The monoisotopic (exact) mass is 298 g/mol. The van der Waals surface area contributed by atoms with Crippen molar-refractivity contribution in [1.82, 2.24) is 0 Å². The van der Waals surface area contributed by atoms with Gasteiger partial charge in [0.25, 0.3) is 0 Å². The van der Waals surface area contributed by atoms with Gasteiger partial charge in [-0.15, -0.1) is 0 Å². The topological polar surface area (TPSA) is 83.8 Å². The van der Waals surface area contributed by atoms with E-state index in [1.807, 2.05) is 0 Å². The van der Waals surface area contributed by atoms with Crippen molar-refractivity contribution >= 4 is 11.9 Å². The van der Waals surface area contributed by atoms with Crippen LogP contribution in [-0.4, -0.2) is 34.9 Å². The molecule has 6 heteroatoms. The summed E-state index contributed by atoms with van der Waals surface area (Å²) in [5.41, 5.74) is -2.01. The Morgan fingerprint density at radius 1 is 1.43 bits per heavy atom. The first-order chi connectivity index (χ1) is 9.84. The first kappa shape index (κ1) is 17.1. The van der Waals surface area contributed by atoms with Crippen LogP contribution in [0.5, 0.6) is 0 Å². The van der Waals surface area contributed by atoms with Gasteiger partial charge < -0.3 is 14.9 Å². The molecule has 0 aliphatic carbocycles. The molecule has 0 heterocycles. The van der Waals surface area contributed by atoms with Crippen LogP contribution in [0.2, 0.25) is 0 Å². The molecule has 0 saturated carbocycles. The molecular weight excluding hydrogens is 279 g/mol. The van der Waals surface area contributed by atoms with Gasteiger partial charge in [-0.05, 0) is 44.4 Å². The number of esters is 1. The third-order valence-electron chi connectivity index (χ3n) is 3.24. The van der Waals surface area contributed by atoms with Gasteiger partial charge in [0.1, 0.15) is 5.82 Å². The average Bonchev–Trinajstić information content (AvgIpc) is 2.39. The Balaban J connectivity index is 3.36. The maximum absolute atomic E-state index is 13.4. The Labute approximate surface area is 122 Å². The number of carboxylic acid groups (broad SMARTS) is 1. The van der Waals surface area contributed by atoms with Gasteiger partial charge in [0.15, 0.2) is 5.41 Å². The molecule has 21 heavy (non-hydrogen) atoms. The normalized spacial score (nSPS) is 15.0. The van der Waals surface area contributed by atoms with E-state index >= 15 is 0 Å². The van der Waals surface area contributed by atoms with Crippen LogP contribution in [0.1, 0.15) is 32.3 Å². The van der Waals surface area contributed by atoms with Gasteiger partial charge in [0.05, 0.1) is 12.7 Å². The lowest BCUT2D eigenvalue weighted by molar-refractivity contribution is -0.162. The molecule has 1 rings (SSSR count). The van der Waals surface area contributed by atoms with Crippen LogP contribution >= 0.6 is 0 Å². The molecule has 1 aromatic rings. The Hall–Kier alpha value is -1.95. The van der Waals surface area contributed by atoms with E-state index in [2.05, 4.69) is 0 Å². The van der Waals surface area contributed by atoms with E-state index in [-0.39, 0.29) is 25.0 Å². The SMILES string of the molecule is CCOC(=O)C(CCC(C)O)(C(=O)O)c1cccc(F)c1. The zero-order chi connectivity index (χ0) is 16.0. The zero-order valence-electron chi connectivity index (χ0n) is 12.0. The van der Waals surface area contributed by atoms with Crippen LogP contribution in [0.4, 0.5) is 4.39 Å². The predicted octanol–water partition coefficient (Wildman–Crippen LogP) is 1.87. The standard InChI is InChI=1S/C15H19FO5/c1-3-21-14(20)15(13(18)19,8-7-10(2)17)11-5-4-6-12(16)9-11/h4-6,9-10,17H,3,7-8H2,1-2H3,(H,18,19). The van der Waals surface area contributed by atoms with Gasteiger partial charge in [0.2, 0.25) is 0 Å². The fraction of sp³-hybridized carbons (Fsp3) is 0.467. The summed E-state index contributed by atoms with van der Waals surface area (Å²) < 4.78 is 18.3. The van der Waals surface area contributed by atoms with Crippen LogP contribution in [-0.2, 0) is 19.7 Å². The van der Waals surface area contributed by atoms with Gasteiger partial charge in [-0.1, -0.05) is 12.1 Å². The summed E-state index contributed by atoms with van der Waals surface area (Å²) in [7, 11) is 0. The minimum atomic E-state index is -2.02. The predicted molar refractivity (Wildman–Crippen MR) is 73.3 cm³/mol. The van der Waals surface area contributed by atoms with E-state index in [1.54, 1.807) is 6.92 Å². The molecular formula is C15H19FO5. The van der Waals surface area contributed by atoms with Crippen molar-refractivity contribution in [1.29, 1.82) is 0 Å². The number of rotatable bonds is 7. The summed E-state index contributed by atoms with van der Waals surface area (Å²) in [5.74, 6) is -3.02. The van der Waals surface area contributed by atoms with Crippen molar-refractivity contribution in [3.05, 3.63) is 35.6 Å². The van der Waals surface area contributed by atoms with Gasteiger partial charge in [-0.25, -0.2) is 4.39 Å². The van der Waals surface area contributed by atoms with Crippen LogP contribution in [0, 0.1) is 5.82 Å². The first-order valence-corrected chi connectivity index (χ1v) is 6.69. The molecule has 116 valence electrons. The van der Waals surface area contributed by atoms with Crippen molar-refractivity contribution in [3.8, 4) is 0 Å². The lowest BCUT2D eigenvalue weighted by Gasteiger charge is -2.28. The van der Waals surface area contributed by atoms with E-state index in [1.165, 1.54) is 19.1 Å². The smallest absolute Gasteiger partial charge is 0.328 e. The number of aliphatic hydroxyl groups excluding tert-OH is 1. The fourth-order valence-corrected chi connectivity index (χ4v) is 2.12. The number of ether oxygens (including phenoxy) is 1. The van der Waals surface area contributed by atoms with Crippen molar-refractivity contribution < 1.29 is 28.9 Å². The maximum Gasteiger partial charge on any atom is 0.328 e. The first-order valence-electron chi connectivity index (χ1n) is 6.69. The lowest BCUT2D eigenvalue weighted by atomic mass is 9.76. The molecule has 0 bridgehead atoms. The average molecular weight is 298 g/mol. The Bertz CT molecular complexity index is 515. The molecule has 1 aromatic carbocycles. The van der Waals surface area contributed by atoms with Crippen molar-refractivity contribution in [2.45, 2.75) is 38.2 Å². The fourth-order valence-electron chi connectivity index (χ4n) is 2.12. The summed E-state index contributed by atoms with van der Waals surface area (Å²) in [4.78, 5) is 24.0. The number of hydrogen-bond donors (Lipinski definition) is 2. The largest absolute Gasteiger partial charge is 0.480 e. The number of hydrogen-bond acceptors (Lipinski definition) is 4. The molecule has 0 aliphatic rings. The molecule has 2 atom stereocenters. The second kappa shape index (κ2) is 7.17. The minimum Gasteiger partial charge on any atom is -0.480 e.